The van der Waals surface area contributed by atoms with E-state index in [4.69, 9.17) is 19.2 Å². The minimum Gasteiger partial charge on any atom is -0.476 e. The number of amides is 1. The van der Waals surface area contributed by atoms with Crippen LogP contribution < -0.4 is 24.6 Å². The van der Waals surface area contributed by atoms with Crippen LogP contribution in [0.2, 0.25) is 0 Å². The lowest BCUT2D eigenvalue weighted by atomic mass is 9.59. The molecular formula is C49H57ClN8O8S. The van der Waals surface area contributed by atoms with Gasteiger partial charge in [-0.1, -0.05) is 24.3 Å². The number of hydrogen-bond acceptors (Lipinski definition) is 13. The molecule has 67 heavy (non-hydrogen) atoms. The fourth-order valence-corrected chi connectivity index (χ4v) is 12.2. The quantitative estimate of drug-likeness (QED) is 0.0804. The Kier molecular flexibility index (Phi) is 12.6. The number of sulfonamides is 1. The highest BCUT2D eigenvalue weighted by Gasteiger charge is 2.50. The number of pyridine rings is 1. The Morgan fingerprint density at radius 1 is 0.910 bits per heavy atom. The van der Waals surface area contributed by atoms with Crippen LogP contribution in [0.5, 0.6) is 5.88 Å². The van der Waals surface area contributed by atoms with Gasteiger partial charge in [-0.25, -0.2) is 13.1 Å². The van der Waals surface area contributed by atoms with Crippen molar-refractivity contribution in [1.82, 2.24) is 19.6 Å². The number of anilines is 4. The molecule has 6 aliphatic rings. The van der Waals surface area contributed by atoms with E-state index in [2.05, 4.69) is 49.1 Å². The van der Waals surface area contributed by atoms with Gasteiger partial charge in [0.2, 0.25) is 5.88 Å². The van der Waals surface area contributed by atoms with E-state index in [1.165, 1.54) is 57.2 Å². The van der Waals surface area contributed by atoms with E-state index in [1.54, 1.807) is 17.2 Å². The SMILES string of the molecule is Cl.O=C(NS(=O)(=O)c1ccc(NC[C@H]2COCCO2)c([N+](=O)[O-])c1)c1ccc(N2CCC3(CC2)CC(N2CCCC2c2ccccc2C2CC2)C3)cc1N1CCCOc2nc3[nH]ccc3cc21. The second kappa shape index (κ2) is 18.6. The number of nitrogens with zero attached hydrogens (tertiary/aromatic N) is 5. The number of nitrogens with one attached hydrogen (secondary N) is 3. The van der Waals surface area contributed by atoms with Crippen molar-refractivity contribution in [2.75, 3.05) is 74.3 Å². The molecule has 2 atom stereocenters. The van der Waals surface area contributed by atoms with Gasteiger partial charge < -0.3 is 34.3 Å². The summed E-state index contributed by atoms with van der Waals surface area (Å²) < 4.78 is 47.3. The van der Waals surface area contributed by atoms with Crippen molar-refractivity contribution in [2.45, 2.75) is 86.8 Å². The molecule has 3 N–H and O–H groups in total. The van der Waals surface area contributed by atoms with Crippen molar-refractivity contribution in [2.24, 2.45) is 5.41 Å². The number of carbonyl (C=O) groups is 1. The number of rotatable bonds is 12. The zero-order chi connectivity index (χ0) is 45.0. The number of fused-ring (bicyclic) bond motifs is 2. The number of H-pyrrole nitrogens is 1. The molecule has 18 heteroatoms. The zero-order valence-electron chi connectivity index (χ0n) is 37.4. The lowest BCUT2D eigenvalue weighted by Gasteiger charge is -2.56. The smallest absolute Gasteiger partial charge is 0.293 e. The summed E-state index contributed by atoms with van der Waals surface area (Å²) in [7, 11) is -4.58. The number of halogens is 1. The third-order valence-corrected chi connectivity index (χ3v) is 16.2. The van der Waals surface area contributed by atoms with Crippen molar-refractivity contribution in [3.8, 4) is 5.88 Å². The van der Waals surface area contributed by atoms with Crippen molar-refractivity contribution in [3.63, 3.8) is 0 Å². The molecule has 2 aliphatic carbocycles. The first-order valence-electron chi connectivity index (χ1n) is 23.5. The Morgan fingerprint density at radius 3 is 2.51 bits per heavy atom. The highest BCUT2D eigenvalue weighted by atomic mass is 35.5. The van der Waals surface area contributed by atoms with Gasteiger partial charge in [0.1, 0.15) is 17.0 Å². The molecule has 2 saturated carbocycles. The summed E-state index contributed by atoms with van der Waals surface area (Å²) in [5.41, 5.74) is 6.05. The number of carbonyl (C=O) groups excluding carboxylic acids is 1. The van der Waals surface area contributed by atoms with Crippen LogP contribution in [0.3, 0.4) is 0 Å². The normalized spacial score (nSPS) is 22.0. The molecule has 0 radical (unpaired) electrons. The Balaban J connectivity index is 0.00000525. The maximum Gasteiger partial charge on any atom is 0.293 e. The molecule has 2 aromatic heterocycles. The summed E-state index contributed by atoms with van der Waals surface area (Å²) in [4.78, 5) is 40.6. The summed E-state index contributed by atoms with van der Waals surface area (Å²) in [6, 6.07) is 23.3. The maximum atomic E-state index is 14.4. The highest BCUT2D eigenvalue weighted by Crippen LogP contribution is 2.55. The first kappa shape index (κ1) is 45.3. The van der Waals surface area contributed by atoms with Gasteiger partial charge >= 0.3 is 0 Å². The van der Waals surface area contributed by atoms with Gasteiger partial charge in [-0.05, 0) is 129 Å². The third kappa shape index (κ3) is 9.03. The number of likely N-dealkylation sites (tertiary alicyclic amines) is 1. The Labute approximate surface area is 396 Å². The van der Waals surface area contributed by atoms with E-state index in [0.717, 1.165) is 49.0 Å². The standard InChI is InChI=1S/C49H56N8O8S.ClH/c58-47(53-66(61,62)37-11-13-41(44(27-37)57(59)60)51-30-36-31-63-23-24-64-36)40-12-10-34(26-43(40)56-19-4-22-65-48-45(56)25-33-14-17-50-46(33)52-48)54-20-15-49(16-21-54)28-35(29-49)55-18-3-7-42(55)39-6-2-1-5-38(39)32-8-9-32;/h1-2,5-6,10-14,17,25-27,32,35-36,42,51H,3-4,7-9,15-16,18-24,28-31H2,(H,50,52)(H,53,58);1H/t36-,42?;/m0./s1. The van der Waals surface area contributed by atoms with Gasteiger partial charge in [0.05, 0.1) is 53.6 Å². The molecule has 4 aliphatic heterocycles. The third-order valence-electron chi connectivity index (χ3n) is 14.8. The molecule has 11 rings (SSSR count). The summed E-state index contributed by atoms with van der Waals surface area (Å²) in [6.07, 6.45) is 11.8. The molecule has 354 valence electrons. The van der Waals surface area contributed by atoms with E-state index < -0.39 is 31.4 Å². The molecule has 1 unspecified atom stereocenters. The van der Waals surface area contributed by atoms with Crippen molar-refractivity contribution >= 4 is 67.8 Å². The average Bonchev–Trinajstić information content (AvgIpc) is 3.95. The predicted molar refractivity (Wildman–Crippen MR) is 258 cm³/mol. The van der Waals surface area contributed by atoms with Crippen LogP contribution >= 0.6 is 12.4 Å². The molecule has 3 saturated heterocycles. The number of aromatic amines is 1. The van der Waals surface area contributed by atoms with Crippen LogP contribution in [0, 0.1) is 15.5 Å². The number of hydrogen-bond donors (Lipinski definition) is 3. The van der Waals surface area contributed by atoms with Gasteiger partial charge in [0.25, 0.3) is 21.6 Å². The number of piperidine rings is 1. The van der Waals surface area contributed by atoms with E-state index in [-0.39, 0.29) is 36.3 Å². The molecule has 0 bridgehead atoms. The summed E-state index contributed by atoms with van der Waals surface area (Å²) >= 11 is 0. The fraction of sp³-hybridized carbons (Fsp3) is 0.469. The highest BCUT2D eigenvalue weighted by molar-refractivity contribution is 7.90. The molecular weight excluding hydrogens is 896 g/mol. The summed E-state index contributed by atoms with van der Waals surface area (Å²) in [5, 5.41) is 16.0. The zero-order valence-corrected chi connectivity index (χ0v) is 39.0. The van der Waals surface area contributed by atoms with Crippen molar-refractivity contribution < 1.29 is 32.3 Å². The van der Waals surface area contributed by atoms with Gasteiger partial charge in [-0.3, -0.25) is 19.8 Å². The molecule has 6 heterocycles. The van der Waals surface area contributed by atoms with Gasteiger partial charge in [0.15, 0.2) is 0 Å². The molecule has 3 aromatic carbocycles. The van der Waals surface area contributed by atoms with Crippen LogP contribution in [0.4, 0.5) is 28.4 Å². The van der Waals surface area contributed by atoms with Crippen LogP contribution in [-0.4, -0.2) is 105 Å². The largest absolute Gasteiger partial charge is 0.476 e. The number of aromatic nitrogens is 2. The number of benzene rings is 3. The second-order valence-corrected chi connectivity index (χ2v) is 20.6. The van der Waals surface area contributed by atoms with E-state index in [9.17, 15) is 23.3 Å². The Hall–Kier alpha value is -5.46. The lowest BCUT2D eigenvalue weighted by Crippen LogP contribution is -2.55. The first-order chi connectivity index (χ1) is 32.1. The van der Waals surface area contributed by atoms with E-state index in [1.807, 2.05) is 35.4 Å². The van der Waals surface area contributed by atoms with Crippen LogP contribution in [-0.2, 0) is 19.5 Å². The average molecular weight is 954 g/mol. The number of ether oxygens (including phenoxy) is 3. The monoisotopic (exact) mass is 952 g/mol. The number of nitro benzene ring substituents is 1. The lowest BCUT2D eigenvalue weighted by molar-refractivity contribution is -0.384. The van der Waals surface area contributed by atoms with Crippen molar-refractivity contribution in [3.05, 3.63) is 106 Å². The predicted octanol–water partition coefficient (Wildman–Crippen LogP) is 8.22. The minimum atomic E-state index is -4.58. The molecule has 5 aromatic rings. The maximum absolute atomic E-state index is 14.4. The van der Waals surface area contributed by atoms with Crippen LogP contribution in [0.25, 0.3) is 11.0 Å². The Morgan fingerprint density at radius 2 is 1.73 bits per heavy atom. The molecule has 5 fully saturated rings. The van der Waals surface area contributed by atoms with E-state index in [0.29, 0.717) is 79.8 Å². The van der Waals surface area contributed by atoms with Crippen LogP contribution in [0.15, 0.2) is 83.9 Å². The summed E-state index contributed by atoms with van der Waals surface area (Å²) in [6.45, 7) is 5.25. The number of nitro groups is 1. The van der Waals surface area contributed by atoms with Crippen LogP contribution in [0.1, 0.15) is 91.2 Å². The fourth-order valence-electron chi connectivity index (χ4n) is 11.2. The Bertz CT molecular complexity index is 2760. The second-order valence-electron chi connectivity index (χ2n) is 19.0. The van der Waals surface area contributed by atoms with Gasteiger partial charge in [-0.15, -0.1) is 12.4 Å². The molecule has 1 amide bonds. The molecule has 1 spiro atoms. The summed E-state index contributed by atoms with van der Waals surface area (Å²) in [5.74, 6) is 0.288. The first-order valence-corrected chi connectivity index (χ1v) is 25.0. The topological polar surface area (TPSA) is 185 Å². The molecule has 16 nitrogen and oxygen atoms in total. The van der Waals surface area contributed by atoms with Gasteiger partial charge in [0, 0.05) is 61.6 Å². The minimum absolute atomic E-state index is 0. The van der Waals surface area contributed by atoms with E-state index >= 15 is 0 Å². The van der Waals surface area contributed by atoms with Gasteiger partial charge in [-0.2, -0.15) is 4.98 Å². The van der Waals surface area contributed by atoms with Crippen molar-refractivity contribution in [1.29, 1.82) is 0 Å².